The Morgan fingerprint density at radius 2 is 2.67 bits per heavy atom. The van der Waals surface area contributed by atoms with E-state index in [9.17, 15) is 4.79 Å². The summed E-state index contributed by atoms with van der Waals surface area (Å²) in [5.74, 6) is -0.148. The fraction of sp³-hybridized carbons (Fsp3) is 0.429. The highest BCUT2D eigenvalue weighted by molar-refractivity contribution is 7.09. The maximum Gasteiger partial charge on any atom is 0.236 e. The van der Waals surface area contributed by atoms with Crippen LogP contribution in [-0.2, 0) is 11.3 Å². The third-order valence-electron chi connectivity index (χ3n) is 1.31. The molecule has 1 rings (SSSR count). The summed E-state index contributed by atoms with van der Waals surface area (Å²) in [4.78, 5) is 15.0. The molecular formula is C7H11N3OS. The zero-order valence-electron chi connectivity index (χ0n) is 6.78. The second-order valence-corrected chi connectivity index (χ2v) is 3.41. The number of hydrogen-bond donors (Lipinski definition) is 2. The van der Waals surface area contributed by atoms with Crippen LogP contribution in [0.1, 0.15) is 11.9 Å². The predicted molar refractivity (Wildman–Crippen MR) is 47.6 cm³/mol. The van der Waals surface area contributed by atoms with E-state index in [1.165, 1.54) is 11.3 Å². The zero-order valence-corrected chi connectivity index (χ0v) is 7.60. The Hall–Kier alpha value is -0.940. The van der Waals surface area contributed by atoms with Gasteiger partial charge in [-0.1, -0.05) is 0 Å². The van der Waals surface area contributed by atoms with E-state index in [-0.39, 0.29) is 5.91 Å². The minimum absolute atomic E-state index is 0.148. The Labute approximate surface area is 74.8 Å². The molecule has 1 amide bonds. The first-order valence-corrected chi connectivity index (χ1v) is 4.50. The molecule has 0 aliphatic heterocycles. The van der Waals surface area contributed by atoms with Crippen molar-refractivity contribution in [2.75, 3.05) is 0 Å². The Morgan fingerprint density at radius 1 is 1.92 bits per heavy atom. The number of aromatic nitrogens is 1. The third kappa shape index (κ3) is 2.60. The molecule has 3 N–H and O–H groups in total. The maximum absolute atomic E-state index is 11.0. The summed E-state index contributed by atoms with van der Waals surface area (Å²) >= 11 is 1.51. The van der Waals surface area contributed by atoms with Crippen molar-refractivity contribution in [3.05, 3.63) is 16.6 Å². The van der Waals surface area contributed by atoms with Crippen LogP contribution in [0.5, 0.6) is 0 Å². The normalized spacial score (nSPS) is 12.5. The first-order valence-electron chi connectivity index (χ1n) is 3.62. The summed E-state index contributed by atoms with van der Waals surface area (Å²) in [6.07, 6.45) is 1.71. The molecule has 0 bridgehead atoms. The third-order valence-corrected chi connectivity index (χ3v) is 2.09. The molecule has 1 atom stereocenters. The summed E-state index contributed by atoms with van der Waals surface area (Å²) < 4.78 is 0. The number of carbonyl (C=O) groups is 1. The van der Waals surface area contributed by atoms with E-state index in [1.807, 2.05) is 5.38 Å². The van der Waals surface area contributed by atoms with Crippen molar-refractivity contribution in [3.63, 3.8) is 0 Å². The first kappa shape index (κ1) is 9.15. The number of rotatable bonds is 3. The van der Waals surface area contributed by atoms with Crippen LogP contribution < -0.4 is 11.1 Å². The van der Waals surface area contributed by atoms with Crippen LogP contribution in [0, 0.1) is 0 Å². The summed E-state index contributed by atoms with van der Waals surface area (Å²) in [7, 11) is 0. The van der Waals surface area contributed by atoms with Crippen molar-refractivity contribution >= 4 is 17.2 Å². The van der Waals surface area contributed by atoms with Gasteiger partial charge in [0.15, 0.2) is 0 Å². The highest BCUT2D eigenvalue weighted by Gasteiger charge is 2.06. The quantitative estimate of drug-likeness (QED) is 0.702. The van der Waals surface area contributed by atoms with Crippen LogP contribution in [0.25, 0.3) is 0 Å². The van der Waals surface area contributed by atoms with Crippen LogP contribution in [-0.4, -0.2) is 16.9 Å². The number of hydrogen-bond acceptors (Lipinski definition) is 4. The molecule has 0 aromatic carbocycles. The van der Waals surface area contributed by atoms with Gasteiger partial charge in [0.1, 0.15) is 5.01 Å². The molecule has 4 nitrogen and oxygen atoms in total. The van der Waals surface area contributed by atoms with Crippen molar-refractivity contribution in [2.45, 2.75) is 19.5 Å². The lowest BCUT2D eigenvalue weighted by molar-refractivity contribution is -0.122. The van der Waals surface area contributed by atoms with Crippen molar-refractivity contribution in [2.24, 2.45) is 5.73 Å². The van der Waals surface area contributed by atoms with Crippen molar-refractivity contribution in [3.8, 4) is 0 Å². The number of amides is 1. The molecule has 1 heterocycles. The van der Waals surface area contributed by atoms with E-state index in [1.54, 1.807) is 13.1 Å². The average Bonchev–Trinajstić information content (AvgIpc) is 2.51. The molecule has 0 fully saturated rings. The Balaban J connectivity index is 2.32. The SMILES string of the molecule is CC(N)C(=O)NCc1nccs1. The molecule has 0 saturated carbocycles. The van der Waals surface area contributed by atoms with E-state index in [4.69, 9.17) is 5.73 Å². The summed E-state index contributed by atoms with van der Waals surface area (Å²) in [6, 6.07) is -0.454. The van der Waals surface area contributed by atoms with Gasteiger partial charge in [0.2, 0.25) is 5.91 Å². The molecule has 0 aliphatic rings. The number of carbonyl (C=O) groups excluding carboxylic acids is 1. The van der Waals surface area contributed by atoms with E-state index >= 15 is 0 Å². The minimum atomic E-state index is -0.454. The van der Waals surface area contributed by atoms with Crippen LogP contribution in [0.4, 0.5) is 0 Å². The number of nitrogens with zero attached hydrogens (tertiary/aromatic N) is 1. The molecule has 1 unspecified atom stereocenters. The lowest BCUT2D eigenvalue weighted by Gasteiger charge is -2.04. The average molecular weight is 185 g/mol. The highest BCUT2D eigenvalue weighted by Crippen LogP contribution is 2.02. The van der Waals surface area contributed by atoms with Gasteiger partial charge in [-0.25, -0.2) is 4.98 Å². The van der Waals surface area contributed by atoms with Gasteiger partial charge in [0.25, 0.3) is 0 Å². The van der Waals surface area contributed by atoms with E-state index in [0.717, 1.165) is 5.01 Å². The number of nitrogens with one attached hydrogen (secondary N) is 1. The smallest absolute Gasteiger partial charge is 0.236 e. The molecule has 66 valence electrons. The second kappa shape index (κ2) is 4.18. The molecular weight excluding hydrogens is 174 g/mol. The Bertz CT molecular complexity index is 245. The van der Waals surface area contributed by atoms with Crippen molar-refractivity contribution in [1.29, 1.82) is 0 Å². The molecule has 1 aromatic heterocycles. The first-order chi connectivity index (χ1) is 5.70. The minimum Gasteiger partial charge on any atom is -0.348 e. The summed E-state index contributed by atoms with van der Waals surface area (Å²) in [5.41, 5.74) is 5.35. The molecule has 0 spiro atoms. The van der Waals surface area contributed by atoms with Crippen LogP contribution in [0.3, 0.4) is 0 Å². The van der Waals surface area contributed by atoms with Crippen LogP contribution in [0.2, 0.25) is 0 Å². The molecule has 0 radical (unpaired) electrons. The second-order valence-electron chi connectivity index (χ2n) is 2.43. The summed E-state index contributed by atoms with van der Waals surface area (Å²) in [6.45, 7) is 2.12. The maximum atomic E-state index is 11.0. The van der Waals surface area contributed by atoms with E-state index in [2.05, 4.69) is 10.3 Å². The Kier molecular flexibility index (Phi) is 3.19. The zero-order chi connectivity index (χ0) is 8.97. The summed E-state index contributed by atoms with van der Waals surface area (Å²) in [5, 5.41) is 5.43. The van der Waals surface area contributed by atoms with Gasteiger partial charge in [-0.15, -0.1) is 11.3 Å². The predicted octanol–water partition coefficient (Wildman–Crippen LogP) is 0.107. The van der Waals surface area contributed by atoms with Gasteiger partial charge in [0, 0.05) is 11.6 Å². The topological polar surface area (TPSA) is 68.0 Å². The van der Waals surface area contributed by atoms with Gasteiger partial charge in [-0.05, 0) is 6.92 Å². The van der Waals surface area contributed by atoms with Gasteiger partial charge >= 0.3 is 0 Å². The van der Waals surface area contributed by atoms with Crippen LogP contribution >= 0.6 is 11.3 Å². The van der Waals surface area contributed by atoms with Gasteiger partial charge in [-0.3, -0.25) is 4.79 Å². The molecule has 0 saturated heterocycles. The largest absolute Gasteiger partial charge is 0.348 e. The Morgan fingerprint density at radius 3 is 3.17 bits per heavy atom. The fourth-order valence-corrected chi connectivity index (χ4v) is 1.22. The van der Waals surface area contributed by atoms with Crippen molar-refractivity contribution in [1.82, 2.24) is 10.3 Å². The highest BCUT2D eigenvalue weighted by atomic mass is 32.1. The number of nitrogens with two attached hydrogens (primary N) is 1. The molecule has 12 heavy (non-hydrogen) atoms. The standard InChI is InChI=1S/C7H11N3OS/c1-5(8)7(11)10-4-6-9-2-3-12-6/h2-3,5H,4,8H2,1H3,(H,10,11). The monoisotopic (exact) mass is 185 g/mol. The van der Waals surface area contributed by atoms with Crippen molar-refractivity contribution < 1.29 is 4.79 Å². The van der Waals surface area contributed by atoms with Gasteiger partial charge in [-0.2, -0.15) is 0 Å². The van der Waals surface area contributed by atoms with E-state index < -0.39 is 6.04 Å². The number of thiazole rings is 1. The molecule has 0 aliphatic carbocycles. The lowest BCUT2D eigenvalue weighted by atomic mass is 10.3. The van der Waals surface area contributed by atoms with Gasteiger partial charge in [0.05, 0.1) is 12.6 Å². The lowest BCUT2D eigenvalue weighted by Crippen LogP contribution is -2.37. The van der Waals surface area contributed by atoms with Gasteiger partial charge < -0.3 is 11.1 Å². The van der Waals surface area contributed by atoms with Crippen LogP contribution in [0.15, 0.2) is 11.6 Å². The molecule has 1 aromatic rings. The molecule has 5 heteroatoms. The fourth-order valence-electron chi connectivity index (χ4n) is 0.664. The van der Waals surface area contributed by atoms with E-state index in [0.29, 0.717) is 6.54 Å².